The molecule has 0 aliphatic carbocycles. The van der Waals surface area contributed by atoms with E-state index in [2.05, 4.69) is 30.6 Å². The maximum Gasteiger partial charge on any atom is 0.254 e. The van der Waals surface area contributed by atoms with Gasteiger partial charge in [-0.1, -0.05) is 12.1 Å². The van der Waals surface area contributed by atoms with Crippen LogP contribution in [0.4, 0.5) is 27.4 Å². The predicted molar refractivity (Wildman–Crippen MR) is 122 cm³/mol. The molecule has 1 aromatic carbocycles. The van der Waals surface area contributed by atoms with Crippen LogP contribution in [-0.4, -0.2) is 39.9 Å². The summed E-state index contributed by atoms with van der Waals surface area (Å²) in [7, 11) is 1.44. The molecule has 0 atom stereocenters. The number of rotatable bonds is 7. The minimum absolute atomic E-state index is 0.0248. The van der Waals surface area contributed by atoms with E-state index in [-0.39, 0.29) is 17.1 Å². The minimum Gasteiger partial charge on any atom is -0.494 e. The van der Waals surface area contributed by atoms with Crippen molar-refractivity contribution in [1.29, 1.82) is 0 Å². The number of aromatic nitrogens is 4. The summed E-state index contributed by atoms with van der Waals surface area (Å²) in [6, 6.07) is 11.9. The summed E-state index contributed by atoms with van der Waals surface area (Å²) in [4.78, 5) is 29.2. The molecule has 3 aromatic heterocycles. The highest BCUT2D eigenvalue weighted by Crippen LogP contribution is 2.37. The average Bonchev–Trinajstić information content (AvgIpc) is 2.84. The predicted octanol–water partition coefficient (Wildman–Crippen LogP) is 3.93. The standard InChI is InChI=1S/C23H20FN7O2/c1-25-23(32)16-13-27-20(31-19-8-3-4-9-26-19)10-18(16)30-17-7-5-6-15(21(17)33-2)22-28-11-14(24)12-29-22/h3-13H,1-2H3,(H,25,32)(H2,26,27,30,31)/i1D3. The van der Waals surface area contributed by atoms with Crippen molar-refractivity contribution >= 4 is 28.9 Å². The van der Waals surface area contributed by atoms with Gasteiger partial charge in [0.15, 0.2) is 17.4 Å². The fraction of sp³-hybridized carbons (Fsp3) is 0.0870. The molecule has 0 fully saturated rings. The van der Waals surface area contributed by atoms with Gasteiger partial charge in [-0.25, -0.2) is 24.3 Å². The van der Waals surface area contributed by atoms with Gasteiger partial charge in [-0.05, 0) is 24.3 Å². The van der Waals surface area contributed by atoms with Gasteiger partial charge in [-0.15, -0.1) is 0 Å². The second-order valence-corrected chi connectivity index (χ2v) is 6.65. The first kappa shape index (κ1) is 18.0. The topological polar surface area (TPSA) is 114 Å². The molecular weight excluding hydrogens is 425 g/mol. The molecule has 0 spiro atoms. The fourth-order valence-corrected chi connectivity index (χ4v) is 3.07. The van der Waals surface area contributed by atoms with Crippen LogP contribution in [0.3, 0.4) is 0 Å². The Morgan fingerprint density at radius 1 is 0.970 bits per heavy atom. The zero-order chi connectivity index (χ0) is 25.7. The Balaban J connectivity index is 1.75. The van der Waals surface area contributed by atoms with Crippen molar-refractivity contribution in [3.05, 3.63) is 78.6 Å². The quantitative estimate of drug-likeness (QED) is 0.390. The number of benzene rings is 1. The molecule has 0 radical (unpaired) electrons. The monoisotopic (exact) mass is 448 g/mol. The summed E-state index contributed by atoms with van der Waals surface area (Å²) in [5.41, 5.74) is 1.10. The molecule has 4 rings (SSSR count). The highest BCUT2D eigenvalue weighted by Gasteiger charge is 2.17. The van der Waals surface area contributed by atoms with Crippen molar-refractivity contribution in [2.24, 2.45) is 0 Å². The van der Waals surface area contributed by atoms with E-state index < -0.39 is 18.7 Å². The molecule has 0 bridgehead atoms. The van der Waals surface area contributed by atoms with E-state index in [0.29, 0.717) is 28.6 Å². The molecule has 33 heavy (non-hydrogen) atoms. The smallest absolute Gasteiger partial charge is 0.254 e. The van der Waals surface area contributed by atoms with E-state index in [1.807, 2.05) is 5.32 Å². The second-order valence-electron chi connectivity index (χ2n) is 6.65. The maximum absolute atomic E-state index is 13.3. The summed E-state index contributed by atoms with van der Waals surface area (Å²) in [6.07, 6.45) is 4.93. The number of anilines is 4. The van der Waals surface area contributed by atoms with E-state index in [4.69, 9.17) is 8.85 Å². The Morgan fingerprint density at radius 3 is 2.55 bits per heavy atom. The molecule has 3 N–H and O–H groups in total. The number of carbonyl (C=O) groups excluding carboxylic acids is 1. The lowest BCUT2D eigenvalue weighted by Crippen LogP contribution is -2.19. The van der Waals surface area contributed by atoms with Crippen LogP contribution in [0.25, 0.3) is 11.4 Å². The van der Waals surface area contributed by atoms with Gasteiger partial charge in [0, 0.05) is 29.5 Å². The van der Waals surface area contributed by atoms with Gasteiger partial charge in [0.2, 0.25) is 0 Å². The minimum atomic E-state index is -2.70. The molecule has 9 nitrogen and oxygen atoms in total. The SMILES string of the molecule is [2H]C([2H])([2H])NC(=O)c1cnc(Nc2ccccn2)cc1Nc1cccc(-c2ncc(F)cn2)c1OC. The van der Waals surface area contributed by atoms with Crippen LogP contribution in [0.1, 0.15) is 14.5 Å². The lowest BCUT2D eigenvalue weighted by atomic mass is 10.1. The number of para-hydroxylation sites is 1. The average molecular weight is 448 g/mol. The van der Waals surface area contributed by atoms with E-state index in [0.717, 1.165) is 12.4 Å². The highest BCUT2D eigenvalue weighted by atomic mass is 19.1. The normalized spacial score (nSPS) is 12.1. The van der Waals surface area contributed by atoms with Crippen LogP contribution in [-0.2, 0) is 0 Å². The Hall–Kier alpha value is -4.60. The van der Waals surface area contributed by atoms with Crippen LogP contribution in [0.5, 0.6) is 5.75 Å². The number of halogens is 1. The molecule has 10 heteroatoms. The lowest BCUT2D eigenvalue weighted by molar-refractivity contribution is 0.0963. The van der Waals surface area contributed by atoms with Gasteiger partial charge in [0.05, 0.1) is 42.0 Å². The summed E-state index contributed by atoms with van der Waals surface area (Å²) < 4.78 is 41.0. The Kier molecular flexibility index (Phi) is 5.29. The third kappa shape index (κ3) is 4.85. The summed E-state index contributed by atoms with van der Waals surface area (Å²) in [6.45, 7) is -2.70. The molecule has 0 unspecified atom stereocenters. The van der Waals surface area contributed by atoms with Crippen LogP contribution in [0.2, 0.25) is 0 Å². The summed E-state index contributed by atoms with van der Waals surface area (Å²) >= 11 is 0. The van der Waals surface area contributed by atoms with Crippen molar-refractivity contribution in [3.8, 4) is 17.1 Å². The fourth-order valence-electron chi connectivity index (χ4n) is 3.07. The number of nitrogens with zero attached hydrogens (tertiary/aromatic N) is 4. The van der Waals surface area contributed by atoms with Crippen molar-refractivity contribution in [3.63, 3.8) is 0 Å². The van der Waals surface area contributed by atoms with Gasteiger partial charge in [0.1, 0.15) is 11.6 Å². The number of hydrogen-bond donors (Lipinski definition) is 3. The molecule has 0 aliphatic rings. The van der Waals surface area contributed by atoms with Crippen LogP contribution in [0, 0.1) is 5.82 Å². The zero-order valence-electron chi connectivity index (χ0n) is 20.3. The Labute approximate surface area is 193 Å². The third-order valence-corrected chi connectivity index (χ3v) is 4.53. The Bertz CT molecular complexity index is 1370. The van der Waals surface area contributed by atoms with Crippen LogP contribution >= 0.6 is 0 Å². The number of pyridine rings is 2. The van der Waals surface area contributed by atoms with E-state index in [9.17, 15) is 9.18 Å². The first-order valence-electron chi connectivity index (χ1n) is 11.2. The number of ether oxygens (including phenoxy) is 1. The van der Waals surface area contributed by atoms with Crippen LogP contribution < -0.4 is 20.7 Å². The molecule has 1 amide bonds. The number of hydrogen-bond acceptors (Lipinski definition) is 8. The second kappa shape index (κ2) is 9.69. The largest absolute Gasteiger partial charge is 0.494 e. The molecule has 0 saturated carbocycles. The first-order valence-corrected chi connectivity index (χ1v) is 9.66. The van der Waals surface area contributed by atoms with Crippen molar-refractivity contribution in [1.82, 2.24) is 25.3 Å². The summed E-state index contributed by atoms with van der Waals surface area (Å²) in [5.74, 6) is -0.0258. The first-order chi connectivity index (χ1) is 17.2. The maximum atomic E-state index is 13.3. The number of methoxy groups -OCH3 is 1. The molecule has 3 heterocycles. The molecule has 166 valence electrons. The van der Waals surface area contributed by atoms with E-state index in [1.165, 1.54) is 19.4 Å². The summed E-state index contributed by atoms with van der Waals surface area (Å²) in [5, 5.41) is 8.09. The molecule has 0 aliphatic heterocycles. The van der Waals surface area contributed by atoms with Gasteiger partial charge in [-0.3, -0.25) is 4.79 Å². The number of amides is 1. The van der Waals surface area contributed by atoms with Crippen molar-refractivity contribution < 1.29 is 18.0 Å². The molecular formula is C23H20FN7O2. The van der Waals surface area contributed by atoms with E-state index in [1.54, 1.807) is 42.6 Å². The van der Waals surface area contributed by atoms with Crippen LogP contribution in [0.15, 0.2) is 67.3 Å². The Morgan fingerprint density at radius 2 is 1.82 bits per heavy atom. The van der Waals surface area contributed by atoms with Gasteiger partial charge < -0.3 is 20.7 Å². The molecule has 0 saturated heterocycles. The van der Waals surface area contributed by atoms with Gasteiger partial charge in [-0.2, -0.15) is 0 Å². The van der Waals surface area contributed by atoms with Gasteiger partial charge in [0.25, 0.3) is 5.91 Å². The van der Waals surface area contributed by atoms with E-state index >= 15 is 0 Å². The van der Waals surface area contributed by atoms with Crippen molar-refractivity contribution in [2.45, 2.75) is 0 Å². The highest BCUT2D eigenvalue weighted by molar-refractivity contribution is 6.00. The number of nitrogens with one attached hydrogen (secondary N) is 3. The van der Waals surface area contributed by atoms with Crippen molar-refractivity contribution in [2.75, 3.05) is 24.7 Å². The lowest BCUT2D eigenvalue weighted by Gasteiger charge is -2.17. The van der Waals surface area contributed by atoms with Gasteiger partial charge >= 0.3 is 0 Å². The molecule has 4 aromatic rings. The third-order valence-electron chi connectivity index (χ3n) is 4.53. The zero-order valence-corrected chi connectivity index (χ0v) is 17.3. The number of carbonyl (C=O) groups is 1.